The summed E-state index contributed by atoms with van der Waals surface area (Å²) in [6.07, 6.45) is -0.836. The number of hydrogen-bond acceptors (Lipinski definition) is 5. The highest BCUT2D eigenvalue weighted by atomic mass is 35.5. The third-order valence-electron chi connectivity index (χ3n) is 6.32. The SMILES string of the molecule is COC(=O)[C@@H]1C[C@@H](C2c3cccc(Cl)c3CN2C(=O)O)CN1C(=O)C(NC(N)=S)C(C)(C)C. The molecule has 0 saturated carbocycles. The Kier molecular flexibility index (Phi) is 7.09. The second-order valence-electron chi connectivity index (χ2n) is 9.50. The Labute approximate surface area is 203 Å². The van der Waals surface area contributed by atoms with Crippen LogP contribution >= 0.6 is 23.8 Å². The van der Waals surface area contributed by atoms with Gasteiger partial charge in [-0.05, 0) is 41.2 Å². The Bertz CT molecular complexity index is 982. The molecule has 0 spiro atoms. The molecule has 2 heterocycles. The third kappa shape index (κ3) is 4.86. The maximum atomic E-state index is 13.6. The molecule has 1 saturated heterocycles. The predicted molar refractivity (Wildman–Crippen MR) is 127 cm³/mol. The van der Waals surface area contributed by atoms with E-state index in [9.17, 15) is 19.5 Å². The van der Waals surface area contributed by atoms with Crippen LogP contribution in [0.3, 0.4) is 0 Å². The standard InChI is InChI=1S/C22H29ClN4O5S/c1-22(2,3)17(25-20(24)33)18(28)26-9-11(8-15(26)19(29)32-4)16-12-6-5-7-14(23)13(12)10-27(16)21(30)31/h5-7,11,15-17H,8-10H2,1-4H3,(H,30,31)(H3,24,25,33)/t11-,15+,16?,17?/m1/s1. The molecule has 0 aliphatic carbocycles. The molecular weight excluding hydrogens is 468 g/mol. The van der Waals surface area contributed by atoms with E-state index < -0.39 is 35.6 Å². The lowest BCUT2D eigenvalue weighted by molar-refractivity contribution is -0.152. The quantitative estimate of drug-likeness (QED) is 0.429. The van der Waals surface area contributed by atoms with Gasteiger partial charge in [0.05, 0.1) is 19.7 Å². The Morgan fingerprint density at radius 1 is 1.30 bits per heavy atom. The highest BCUT2D eigenvalue weighted by Crippen LogP contribution is 2.46. The van der Waals surface area contributed by atoms with Crippen LogP contribution in [0.5, 0.6) is 0 Å². The van der Waals surface area contributed by atoms with Crippen LogP contribution in [0.1, 0.15) is 44.4 Å². The van der Waals surface area contributed by atoms with Gasteiger partial charge in [0.1, 0.15) is 12.1 Å². The van der Waals surface area contributed by atoms with Crippen LogP contribution < -0.4 is 11.1 Å². The molecular formula is C22H29ClN4O5S. The van der Waals surface area contributed by atoms with E-state index in [1.165, 1.54) is 16.9 Å². The molecule has 9 nitrogen and oxygen atoms in total. The van der Waals surface area contributed by atoms with Gasteiger partial charge in [0, 0.05) is 17.5 Å². The van der Waals surface area contributed by atoms with E-state index in [0.29, 0.717) is 5.02 Å². The summed E-state index contributed by atoms with van der Waals surface area (Å²) in [4.78, 5) is 41.1. The number of rotatable bonds is 4. The molecule has 2 aliphatic heterocycles. The first kappa shape index (κ1) is 25.0. The van der Waals surface area contributed by atoms with Crippen LogP contribution in [0.2, 0.25) is 5.02 Å². The lowest BCUT2D eigenvalue weighted by atomic mass is 9.85. The zero-order valence-electron chi connectivity index (χ0n) is 19.0. The molecule has 0 aromatic heterocycles. The van der Waals surface area contributed by atoms with Crippen molar-refractivity contribution >= 4 is 46.9 Å². The van der Waals surface area contributed by atoms with Gasteiger partial charge in [-0.15, -0.1) is 0 Å². The number of nitrogens with zero attached hydrogens (tertiary/aromatic N) is 2. The lowest BCUT2D eigenvalue weighted by Crippen LogP contribution is -2.57. The second-order valence-corrected chi connectivity index (χ2v) is 10.3. The Hall–Kier alpha value is -2.59. The number of halogens is 1. The molecule has 1 fully saturated rings. The van der Waals surface area contributed by atoms with E-state index in [-0.39, 0.29) is 36.4 Å². The first-order valence-electron chi connectivity index (χ1n) is 10.6. The number of nitrogens with two attached hydrogens (primary N) is 1. The average Bonchev–Trinajstić information content (AvgIpc) is 3.32. The summed E-state index contributed by atoms with van der Waals surface area (Å²) in [5, 5.41) is 13.2. The zero-order valence-corrected chi connectivity index (χ0v) is 20.6. The molecule has 2 amide bonds. The molecule has 2 unspecified atom stereocenters. The number of hydrogen-bond donors (Lipinski definition) is 3. The van der Waals surface area contributed by atoms with Crippen LogP contribution in [0.15, 0.2) is 18.2 Å². The smallest absolute Gasteiger partial charge is 0.408 e. The highest BCUT2D eigenvalue weighted by Gasteiger charge is 2.50. The van der Waals surface area contributed by atoms with E-state index in [0.717, 1.165) is 11.1 Å². The maximum absolute atomic E-state index is 13.6. The van der Waals surface area contributed by atoms with Gasteiger partial charge in [0.2, 0.25) is 5.91 Å². The van der Waals surface area contributed by atoms with Crippen molar-refractivity contribution in [1.82, 2.24) is 15.1 Å². The highest BCUT2D eigenvalue weighted by molar-refractivity contribution is 7.80. The monoisotopic (exact) mass is 496 g/mol. The van der Waals surface area contributed by atoms with Gasteiger partial charge in [-0.25, -0.2) is 9.59 Å². The van der Waals surface area contributed by atoms with Crippen LogP contribution in [0.25, 0.3) is 0 Å². The number of esters is 1. The Morgan fingerprint density at radius 2 is 1.97 bits per heavy atom. The Balaban J connectivity index is 1.99. The molecule has 0 radical (unpaired) electrons. The molecule has 0 bridgehead atoms. The number of fused-ring (bicyclic) bond motifs is 1. The van der Waals surface area contributed by atoms with Crippen molar-refractivity contribution in [2.75, 3.05) is 13.7 Å². The normalized spacial score (nSPS) is 23.1. The fourth-order valence-electron chi connectivity index (χ4n) is 4.81. The minimum atomic E-state index is -1.09. The van der Waals surface area contributed by atoms with Gasteiger partial charge in [-0.3, -0.25) is 9.69 Å². The van der Waals surface area contributed by atoms with Gasteiger partial charge in [-0.1, -0.05) is 44.5 Å². The van der Waals surface area contributed by atoms with Gasteiger partial charge in [0.15, 0.2) is 5.11 Å². The number of carbonyl (C=O) groups excluding carboxylic acids is 2. The minimum Gasteiger partial charge on any atom is -0.467 e. The van der Waals surface area contributed by atoms with Crippen LogP contribution in [0, 0.1) is 11.3 Å². The average molecular weight is 497 g/mol. The number of benzene rings is 1. The van der Waals surface area contributed by atoms with Crippen molar-refractivity contribution in [1.29, 1.82) is 0 Å². The summed E-state index contributed by atoms with van der Waals surface area (Å²) >= 11 is 11.3. The largest absolute Gasteiger partial charge is 0.467 e. The number of carboxylic acid groups (broad SMARTS) is 1. The summed E-state index contributed by atoms with van der Waals surface area (Å²) in [6, 6.07) is 3.17. The van der Waals surface area contributed by atoms with E-state index in [1.54, 1.807) is 12.1 Å². The van der Waals surface area contributed by atoms with Crippen LogP contribution in [-0.2, 0) is 20.9 Å². The maximum Gasteiger partial charge on any atom is 0.408 e. The summed E-state index contributed by atoms with van der Waals surface area (Å²) in [7, 11) is 1.26. The van der Waals surface area contributed by atoms with Gasteiger partial charge in [-0.2, -0.15) is 0 Å². The van der Waals surface area contributed by atoms with Crippen LogP contribution in [-0.4, -0.2) is 63.7 Å². The summed E-state index contributed by atoms with van der Waals surface area (Å²) in [5.41, 5.74) is 6.65. The molecule has 33 heavy (non-hydrogen) atoms. The van der Waals surface area contributed by atoms with E-state index in [2.05, 4.69) is 5.32 Å². The van der Waals surface area contributed by atoms with Crippen molar-refractivity contribution in [2.45, 2.75) is 51.9 Å². The number of carbonyl (C=O) groups is 3. The van der Waals surface area contributed by atoms with Crippen molar-refractivity contribution < 1.29 is 24.2 Å². The van der Waals surface area contributed by atoms with Crippen LogP contribution in [0.4, 0.5) is 4.79 Å². The van der Waals surface area contributed by atoms with Crippen molar-refractivity contribution in [3.63, 3.8) is 0 Å². The van der Waals surface area contributed by atoms with Crippen molar-refractivity contribution in [3.8, 4) is 0 Å². The molecule has 2 aliphatic rings. The fourth-order valence-corrected chi connectivity index (χ4v) is 5.17. The molecule has 1 aromatic carbocycles. The topological polar surface area (TPSA) is 125 Å². The number of methoxy groups -OCH3 is 1. The molecule has 1 aromatic rings. The summed E-state index contributed by atoms with van der Waals surface area (Å²) < 4.78 is 4.98. The van der Waals surface area contributed by atoms with E-state index in [1.807, 2.05) is 26.8 Å². The molecule has 4 N–H and O–H groups in total. The van der Waals surface area contributed by atoms with Gasteiger partial charge in [0.25, 0.3) is 0 Å². The number of likely N-dealkylation sites (tertiary alicyclic amines) is 1. The number of nitrogens with one attached hydrogen (secondary N) is 1. The summed E-state index contributed by atoms with van der Waals surface area (Å²) in [5.74, 6) is -1.24. The van der Waals surface area contributed by atoms with Crippen molar-refractivity contribution in [3.05, 3.63) is 34.3 Å². The first-order chi connectivity index (χ1) is 15.4. The second kappa shape index (κ2) is 9.34. The van der Waals surface area contributed by atoms with E-state index in [4.69, 9.17) is 34.3 Å². The minimum absolute atomic E-state index is 0.0231. The fraction of sp³-hybridized carbons (Fsp3) is 0.545. The third-order valence-corrected chi connectivity index (χ3v) is 6.79. The predicted octanol–water partition coefficient (Wildman–Crippen LogP) is 2.51. The first-order valence-corrected chi connectivity index (χ1v) is 11.4. The molecule has 3 rings (SSSR count). The lowest BCUT2D eigenvalue weighted by Gasteiger charge is -2.35. The zero-order chi connectivity index (χ0) is 24.7. The van der Waals surface area contributed by atoms with Gasteiger partial charge >= 0.3 is 12.1 Å². The van der Waals surface area contributed by atoms with Gasteiger partial charge < -0.3 is 25.8 Å². The van der Waals surface area contributed by atoms with Crippen molar-refractivity contribution in [2.24, 2.45) is 17.1 Å². The molecule has 4 atom stereocenters. The van der Waals surface area contributed by atoms with E-state index >= 15 is 0 Å². The number of thiocarbonyl (C=S) groups is 1. The number of ether oxygens (including phenoxy) is 1. The Morgan fingerprint density at radius 3 is 2.52 bits per heavy atom. The molecule has 180 valence electrons. The number of amides is 2. The summed E-state index contributed by atoms with van der Waals surface area (Å²) in [6.45, 7) is 5.91. The molecule has 11 heteroatoms.